The predicted octanol–water partition coefficient (Wildman–Crippen LogP) is 6.31. The smallest absolute Gasteiger partial charge is 0.270 e. The fourth-order valence-corrected chi connectivity index (χ4v) is 4.92. The molecule has 0 atom stereocenters. The van der Waals surface area contributed by atoms with Gasteiger partial charge in [-0.3, -0.25) is 19.8 Å². The molecule has 2 amide bonds. The summed E-state index contributed by atoms with van der Waals surface area (Å²) >= 11 is 5.38. The van der Waals surface area contributed by atoms with E-state index in [0.717, 1.165) is 22.0 Å². The van der Waals surface area contributed by atoms with Crippen molar-refractivity contribution >= 4 is 51.8 Å². The highest BCUT2D eigenvalue weighted by Crippen LogP contribution is 2.29. The number of nitrogens with zero attached hydrogens (tertiary/aromatic N) is 2. The Kier molecular flexibility index (Phi) is 6.49. The number of thiocarbonyl (C=S) groups is 1. The van der Waals surface area contributed by atoms with Gasteiger partial charge in [0.1, 0.15) is 17.1 Å². The SMILES string of the molecule is O=C1NC(=S)N(c2ccc(Oc3ccccc3)cc2)C(=O)/C1=C\c1cn(Cc2ccccc2)c2ccccc12. The van der Waals surface area contributed by atoms with Crippen LogP contribution in [-0.4, -0.2) is 21.5 Å². The van der Waals surface area contributed by atoms with Crippen LogP contribution in [0.15, 0.2) is 121 Å². The van der Waals surface area contributed by atoms with E-state index >= 15 is 0 Å². The molecule has 2 heterocycles. The summed E-state index contributed by atoms with van der Waals surface area (Å²) in [5.74, 6) is 0.315. The maximum Gasteiger partial charge on any atom is 0.270 e. The molecule has 0 aliphatic carbocycles. The molecule has 0 bridgehead atoms. The van der Waals surface area contributed by atoms with E-state index in [1.165, 1.54) is 4.90 Å². The second-order valence-electron chi connectivity index (χ2n) is 9.08. The average molecular weight is 530 g/mol. The number of anilines is 1. The first-order valence-electron chi connectivity index (χ1n) is 12.4. The van der Waals surface area contributed by atoms with E-state index in [0.29, 0.717) is 23.7 Å². The Hall–Kier alpha value is -5.01. The highest BCUT2D eigenvalue weighted by Gasteiger charge is 2.34. The van der Waals surface area contributed by atoms with Gasteiger partial charge in [0.2, 0.25) is 0 Å². The molecular weight excluding hydrogens is 506 g/mol. The summed E-state index contributed by atoms with van der Waals surface area (Å²) < 4.78 is 7.98. The normalized spacial score (nSPS) is 14.6. The van der Waals surface area contributed by atoms with Crippen LogP contribution in [0.25, 0.3) is 17.0 Å². The molecule has 1 aromatic heterocycles. The van der Waals surface area contributed by atoms with Crippen molar-refractivity contribution in [1.29, 1.82) is 0 Å². The molecular formula is C32H23N3O3S. The Morgan fingerprint density at radius 1 is 0.769 bits per heavy atom. The van der Waals surface area contributed by atoms with E-state index in [1.54, 1.807) is 30.3 Å². The largest absolute Gasteiger partial charge is 0.457 e. The van der Waals surface area contributed by atoms with Crippen LogP contribution in [0.4, 0.5) is 5.69 Å². The van der Waals surface area contributed by atoms with Gasteiger partial charge in [-0.15, -0.1) is 0 Å². The molecule has 0 spiro atoms. The molecule has 4 aromatic carbocycles. The molecule has 0 saturated carbocycles. The van der Waals surface area contributed by atoms with Gasteiger partial charge in [-0.2, -0.15) is 0 Å². The number of benzene rings is 4. The van der Waals surface area contributed by atoms with Crippen LogP contribution in [0, 0.1) is 0 Å². The van der Waals surface area contributed by atoms with Crippen LogP contribution >= 0.6 is 12.2 Å². The molecule has 1 saturated heterocycles. The number of para-hydroxylation sites is 2. The summed E-state index contributed by atoms with van der Waals surface area (Å²) in [4.78, 5) is 27.9. The fourth-order valence-electron chi connectivity index (χ4n) is 4.64. The third-order valence-corrected chi connectivity index (χ3v) is 6.78. The summed E-state index contributed by atoms with van der Waals surface area (Å²) in [7, 11) is 0. The van der Waals surface area contributed by atoms with E-state index in [4.69, 9.17) is 17.0 Å². The van der Waals surface area contributed by atoms with E-state index in [1.807, 2.05) is 79.0 Å². The number of fused-ring (bicyclic) bond motifs is 1. The first-order chi connectivity index (χ1) is 19.1. The third-order valence-electron chi connectivity index (χ3n) is 6.49. The predicted molar refractivity (Wildman–Crippen MR) is 157 cm³/mol. The lowest BCUT2D eigenvalue weighted by Gasteiger charge is -2.29. The van der Waals surface area contributed by atoms with E-state index in [-0.39, 0.29) is 10.7 Å². The Labute approximate surface area is 230 Å². The second-order valence-corrected chi connectivity index (χ2v) is 9.47. The van der Waals surface area contributed by atoms with Crippen LogP contribution in [0.3, 0.4) is 0 Å². The number of aromatic nitrogens is 1. The number of hydrogen-bond donors (Lipinski definition) is 1. The van der Waals surface area contributed by atoms with Crippen molar-refractivity contribution in [3.05, 3.63) is 132 Å². The highest BCUT2D eigenvalue weighted by molar-refractivity contribution is 7.80. The average Bonchev–Trinajstić information content (AvgIpc) is 3.30. The summed E-state index contributed by atoms with van der Waals surface area (Å²) in [5, 5.41) is 3.65. The molecule has 1 N–H and O–H groups in total. The van der Waals surface area contributed by atoms with Crippen molar-refractivity contribution in [3.8, 4) is 11.5 Å². The van der Waals surface area contributed by atoms with E-state index in [2.05, 4.69) is 22.0 Å². The molecule has 6 rings (SSSR count). The van der Waals surface area contributed by atoms with Crippen LogP contribution in [0.5, 0.6) is 11.5 Å². The minimum Gasteiger partial charge on any atom is -0.457 e. The lowest BCUT2D eigenvalue weighted by Crippen LogP contribution is -2.54. The lowest BCUT2D eigenvalue weighted by molar-refractivity contribution is -0.122. The summed E-state index contributed by atoms with van der Waals surface area (Å²) in [6, 6.07) is 34.5. The number of carbonyl (C=O) groups excluding carboxylic acids is 2. The molecule has 1 aliphatic rings. The maximum absolute atomic E-state index is 13.6. The minimum absolute atomic E-state index is 0.0100. The number of hydrogen-bond acceptors (Lipinski definition) is 4. The lowest BCUT2D eigenvalue weighted by atomic mass is 10.1. The van der Waals surface area contributed by atoms with Crippen molar-refractivity contribution in [3.63, 3.8) is 0 Å². The highest BCUT2D eigenvalue weighted by atomic mass is 32.1. The van der Waals surface area contributed by atoms with E-state index < -0.39 is 11.8 Å². The first kappa shape index (κ1) is 24.3. The topological polar surface area (TPSA) is 63.6 Å². The number of rotatable bonds is 6. The van der Waals surface area contributed by atoms with Crippen LogP contribution in [0.2, 0.25) is 0 Å². The number of carbonyl (C=O) groups is 2. The third kappa shape index (κ3) is 4.95. The van der Waals surface area contributed by atoms with Crippen LogP contribution in [0.1, 0.15) is 11.1 Å². The van der Waals surface area contributed by atoms with Crippen molar-refractivity contribution in [2.45, 2.75) is 6.54 Å². The van der Waals surface area contributed by atoms with Gasteiger partial charge in [-0.1, -0.05) is 66.7 Å². The number of nitrogens with one attached hydrogen (secondary N) is 1. The summed E-state index contributed by atoms with van der Waals surface area (Å²) in [5.41, 5.74) is 3.48. The molecule has 1 fully saturated rings. The van der Waals surface area contributed by atoms with Crippen molar-refractivity contribution in [2.75, 3.05) is 4.90 Å². The van der Waals surface area contributed by atoms with Crippen molar-refractivity contribution in [1.82, 2.24) is 9.88 Å². The van der Waals surface area contributed by atoms with Gasteiger partial charge < -0.3 is 9.30 Å². The van der Waals surface area contributed by atoms with Gasteiger partial charge in [0.25, 0.3) is 11.8 Å². The van der Waals surface area contributed by atoms with Gasteiger partial charge in [0.05, 0.1) is 5.69 Å². The number of ether oxygens (including phenoxy) is 1. The standard InChI is InChI=1S/C32H23N3O3S/c36-30-28(19-23-21-34(20-22-9-3-1-4-10-22)29-14-8-7-13-27(23)29)31(37)35(32(39)33-30)24-15-17-26(18-16-24)38-25-11-5-2-6-12-25/h1-19,21H,20H2,(H,33,36,39)/b28-19-. The monoisotopic (exact) mass is 529 g/mol. The quantitative estimate of drug-likeness (QED) is 0.159. The van der Waals surface area contributed by atoms with Gasteiger partial charge in [-0.25, -0.2) is 0 Å². The Morgan fingerprint density at radius 3 is 2.15 bits per heavy atom. The zero-order valence-electron chi connectivity index (χ0n) is 20.8. The van der Waals surface area contributed by atoms with Crippen LogP contribution in [-0.2, 0) is 16.1 Å². The van der Waals surface area contributed by atoms with Gasteiger partial charge in [-0.05, 0) is 66.3 Å². The van der Waals surface area contributed by atoms with Gasteiger partial charge >= 0.3 is 0 Å². The molecule has 0 unspecified atom stereocenters. The second kappa shape index (κ2) is 10.4. The first-order valence-corrected chi connectivity index (χ1v) is 12.8. The molecule has 7 heteroatoms. The van der Waals surface area contributed by atoms with Gasteiger partial charge in [0, 0.05) is 29.2 Å². The Bertz CT molecular complexity index is 1730. The summed E-state index contributed by atoms with van der Waals surface area (Å²) in [6.45, 7) is 0.665. The Morgan fingerprint density at radius 2 is 1.41 bits per heavy atom. The minimum atomic E-state index is -0.523. The molecule has 6 nitrogen and oxygen atoms in total. The zero-order chi connectivity index (χ0) is 26.8. The molecule has 0 radical (unpaired) electrons. The maximum atomic E-state index is 13.6. The van der Waals surface area contributed by atoms with Crippen molar-refractivity contribution < 1.29 is 14.3 Å². The number of amides is 2. The molecule has 5 aromatic rings. The Balaban J connectivity index is 1.32. The van der Waals surface area contributed by atoms with E-state index in [9.17, 15) is 9.59 Å². The molecule has 190 valence electrons. The summed E-state index contributed by atoms with van der Waals surface area (Å²) in [6.07, 6.45) is 3.61. The molecule has 39 heavy (non-hydrogen) atoms. The van der Waals surface area contributed by atoms with Gasteiger partial charge in [0.15, 0.2) is 5.11 Å². The van der Waals surface area contributed by atoms with Crippen molar-refractivity contribution in [2.24, 2.45) is 0 Å². The fraction of sp³-hybridized carbons (Fsp3) is 0.0312. The molecule has 1 aliphatic heterocycles. The zero-order valence-corrected chi connectivity index (χ0v) is 21.6. The van der Waals surface area contributed by atoms with Crippen LogP contribution < -0.4 is 15.0 Å².